The second kappa shape index (κ2) is 9.45. The van der Waals surface area contributed by atoms with Crippen LogP contribution in [0, 0.1) is 17.8 Å². The van der Waals surface area contributed by atoms with E-state index >= 15 is 0 Å². The Balaban J connectivity index is 1.21. The van der Waals surface area contributed by atoms with Crippen LogP contribution >= 0.6 is 11.3 Å². The van der Waals surface area contributed by atoms with Crippen molar-refractivity contribution in [1.82, 2.24) is 10.6 Å². The van der Waals surface area contributed by atoms with Crippen molar-refractivity contribution >= 4 is 40.2 Å². The van der Waals surface area contributed by atoms with Crippen molar-refractivity contribution < 1.29 is 23.9 Å². The number of carbonyl (C=O) groups is 4. The number of alkyl carbamates (subject to hydrolysis) is 1. The van der Waals surface area contributed by atoms with Gasteiger partial charge in [-0.3, -0.25) is 19.7 Å². The summed E-state index contributed by atoms with van der Waals surface area (Å²) in [5, 5.41) is 10.1. The number of rotatable bonds is 6. The Hall–Kier alpha value is -3.20. The first kappa shape index (κ1) is 23.5. The van der Waals surface area contributed by atoms with Crippen LogP contribution in [0.1, 0.15) is 76.5 Å². The van der Waals surface area contributed by atoms with Gasteiger partial charge >= 0.3 is 6.09 Å². The molecule has 0 aliphatic heterocycles. The van der Waals surface area contributed by atoms with Gasteiger partial charge in [0, 0.05) is 16.7 Å². The fourth-order valence-corrected chi connectivity index (χ4v) is 7.22. The molecule has 0 radical (unpaired) electrons. The molecule has 2 aromatic rings. The minimum atomic E-state index is -0.844. The quantitative estimate of drug-likeness (QED) is 0.543. The molecule has 4 aliphatic carbocycles. The molecule has 4 saturated carbocycles. The highest BCUT2D eigenvalue weighted by Gasteiger charge is 2.51. The topological polar surface area (TPSA) is 114 Å². The van der Waals surface area contributed by atoms with Gasteiger partial charge in [-0.2, -0.15) is 0 Å². The molecule has 4 amide bonds. The van der Waals surface area contributed by atoms with Gasteiger partial charge < -0.3 is 15.4 Å². The van der Waals surface area contributed by atoms with Crippen molar-refractivity contribution in [2.24, 2.45) is 17.8 Å². The van der Waals surface area contributed by atoms with Crippen molar-refractivity contribution in [3.8, 4) is 0 Å². The molecule has 9 heteroatoms. The molecule has 1 aromatic carbocycles. The van der Waals surface area contributed by atoms with Gasteiger partial charge in [-0.1, -0.05) is 0 Å². The van der Waals surface area contributed by atoms with Crippen LogP contribution in [0.2, 0.25) is 0 Å². The van der Waals surface area contributed by atoms with Gasteiger partial charge in [0.15, 0.2) is 0 Å². The Morgan fingerprint density at radius 3 is 2.03 bits per heavy atom. The summed E-state index contributed by atoms with van der Waals surface area (Å²) in [7, 11) is 0. The molecule has 0 saturated heterocycles. The molecule has 1 aromatic heterocycles. The number of hydrogen-bond acceptors (Lipinski definition) is 6. The van der Waals surface area contributed by atoms with Gasteiger partial charge in [-0.05, 0) is 98.9 Å². The lowest BCUT2D eigenvalue weighted by Gasteiger charge is -2.56. The van der Waals surface area contributed by atoms with Gasteiger partial charge in [0.1, 0.15) is 5.00 Å². The summed E-state index contributed by atoms with van der Waals surface area (Å²) in [6, 6.07) is 8.06. The van der Waals surface area contributed by atoms with Gasteiger partial charge in [-0.15, -0.1) is 11.3 Å². The molecular formula is C26H29N3O5S. The fraction of sp³-hybridized carbons (Fsp3) is 0.462. The summed E-state index contributed by atoms with van der Waals surface area (Å²) in [5.74, 6) is 1.08. The second-order valence-electron chi connectivity index (χ2n) is 10.0. The molecule has 35 heavy (non-hydrogen) atoms. The predicted octanol–water partition coefficient (Wildman–Crippen LogP) is 4.59. The van der Waals surface area contributed by atoms with E-state index in [4.69, 9.17) is 4.74 Å². The van der Waals surface area contributed by atoms with Gasteiger partial charge in [0.05, 0.1) is 12.2 Å². The Morgan fingerprint density at radius 2 is 1.46 bits per heavy atom. The van der Waals surface area contributed by atoms with Crippen LogP contribution in [0.5, 0.6) is 0 Å². The number of amides is 4. The minimum absolute atomic E-state index is 0.0679. The standard InChI is InChI=1S/C26H29N3O5S/c1-2-34-25(33)28-23(32)20-7-8-35-24(20)27-21(30)18-3-5-19(6-4-18)22(31)29-26-12-15-9-16(13-26)11-17(10-15)14-26/h3-8,15-17H,2,9-14H2,1H3,(H,27,30)(H,29,31)(H,28,32,33). The first-order valence-corrected chi connectivity index (χ1v) is 13.0. The van der Waals surface area contributed by atoms with E-state index in [1.807, 2.05) is 0 Å². The summed E-state index contributed by atoms with van der Waals surface area (Å²) >= 11 is 1.17. The first-order valence-electron chi connectivity index (χ1n) is 12.1. The zero-order valence-electron chi connectivity index (χ0n) is 19.6. The third-order valence-corrected chi connectivity index (χ3v) is 8.28. The molecule has 8 nitrogen and oxygen atoms in total. The van der Waals surface area contributed by atoms with E-state index in [0.29, 0.717) is 16.1 Å². The number of imide groups is 1. The number of thiophene rings is 1. The molecule has 0 atom stereocenters. The van der Waals surface area contributed by atoms with Gasteiger partial charge in [0.2, 0.25) is 0 Å². The molecule has 4 fully saturated rings. The molecule has 4 bridgehead atoms. The number of benzene rings is 1. The van der Waals surface area contributed by atoms with E-state index in [1.54, 1.807) is 36.6 Å². The lowest BCUT2D eigenvalue weighted by atomic mass is 9.53. The van der Waals surface area contributed by atoms with Crippen LogP contribution in [0.3, 0.4) is 0 Å². The SMILES string of the molecule is CCOC(=O)NC(=O)c1ccsc1NC(=O)c1ccc(C(=O)NC23CC4CC(CC(C4)C2)C3)cc1. The van der Waals surface area contributed by atoms with Crippen LogP contribution in [-0.2, 0) is 4.74 Å². The second-order valence-corrected chi connectivity index (χ2v) is 10.9. The van der Waals surface area contributed by atoms with E-state index in [9.17, 15) is 19.2 Å². The molecular weight excluding hydrogens is 466 g/mol. The van der Waals surface area contributed by atoms with Crippen LogP contribution in [0.4, 0.5) is 9.80 Å². The highest BCUT2D eigenvalue weighted by molar-refractivity contribution is 7.14. The largest absolute Gasteiger partial charge is 0.450 e. The van der Waals surface area contributed by atoms with E-state index in [-0.39, 0.29) is 23.6 Å². The highest BCUT2D eigenvalue weighted by atomic mass is 32.1. The van der Waals surface area contributed by atoms with Crippen LogP contribution in [-0.4, -0.2) is 36.0 Å². The number of ether oxygens (including phenoxy) is 1. The third kappa shape index (κ3) is 4.96. The lowest BCUT2D eigenvalue weighted by Crippen LogP contribution is -2.59. The van der Waals surface area contributed by atoms with Crippen LogP contribution in [0.25, 0.3) is 0 Å². The normalized spacial score (nSPS) is 26.1. The smallest absolute Gasteiger partial charge is 0.414 e. The fourth-order valence-electron chi connectivity index (χ4n) is 6.44. The number of carbonyl (C=O) groups excluding carboxylic acids is 4. The van der Waals surface area contributed by atoms with Crippen LogP contribution < -0.4 is 16.0 Å². The zero-order chi connectivity index (χ0) is 24.6. The Labute approximate surface area is 207 Å². The molecule has 1 heterocycles. The van der Waals surface area contributed by atoms with Gasteiger partial charge in [-0.25, -0.2) is 4.79 Å². The monoisotopic (exact) mass is 495 g/mol. The lowest BCUT2D eigenvalue weighted by molar-refractivity contribution is -0.0167. The highest BCUT2D eigenvalue weighted by Crippen LogP contribution is 2.55. The molecule has 3 N–H and O–H groups in total. The molecule has 184 valence electrons. The Morgan fingerprint density at radius 1 is 0.886 bits per heavy atom. The number of anilines is 1. The van der Waals surface area contributed by atoms with Crippen molar-refractivity contribution in [3.05, 3.63) is 52.4 Å². The summed E-state index contributed by atoms with van der Waals surface area (Å²) in [6.45, 7) is 1.78. The van der Waals surface area contributed by atoms with Gasteiger partial charge in [0.25, 0.3) is 17.7 Å². The maximum absolute atomic E-state index is 13.0. The van der Waals surface area contributed by atoms with Crippen molar-refractivity contribution in [2.75, 3.05) is 11.9 Å². The summed E-state index contributed by atoms with van der Waals surface area (Å²) < 4.78 is 4.72. The summed E-state index contributed by atoms with van der Waals surface area (Å²) in [5.41, 5.74) is 0.995. The Kier molecular flexibility index (Phi) is 6.35. The molecule has 6 rings (SSSR count). The number of hydrogen-bond donors (Lipinski definition) is 3. The average Bonchev–Trinajstić information content (AvgIpc) is 3.26. The maximum atomic E-state index is 13.0. The molecule has 0 spiro atoms. The number of nitrogens with one attached hydrogen (secondary N) is 3. The minimum Gasteiger partial charge on any atom is -0.450 e. The molecule has 0 unspecified atom stereocenters. The van der Waals surface area contributed by atoms with E-state index in [0.717, 1.165) is 37.0 Å². The average molecular weight is 496 g/mol. The van der Waals surface area contributed by atoms with Crippen molar-refractivity contribution in [2.45, 2.75) is 51.0 Å². The van der Waals surface area contributed by atoms with Crippen molar-refractivity contribution in [1.29, 1.82) is 0 Å². The van der Waals surface area contributed by atoms with Crippen LogP contribution in [0.15, 0.2) is 35.7 Å². The van der Waals surface area contributed by atoms with E-state index in [1.165, 1.54) is 36.7 Å². The summed E-state index contributed by atoms with van der Waals surface area (Å²) in [4.78, 5) is 49.6. The Bertz CT molecular complexity index is 1120. The summed E-state index contributed by atoms with van der Waals surface area (Å²) in [6.07, 6.45) is 6.34. The van der Waals surface area contributed by atoms with Crippen molar-refractivity contribution in [3.63, 3.8) is 0 Å². The zero-order valence-corrected chi connectivity index (χ0v) is 20.4. The maximum Gasteiger partial charge on any atom is 0.414 e. The molecule has 4 aliphatic rings. The van der Waals surface area contributed by atoms with E-state index < -0.39 is 17.9 Å². The predicted molar refractivity (Wildman–Crippen MR) is 132 cm³/mol. The third-order valence-electron chi connectivity index (χ3n) is 7.45. The first-order chi connectivity index (χ1) is 16.8. The van der Waals surface area contributed by atoms with E-state index in [2.05, 4.69) is 16.0 Å².